The Bertz CT molecular complexity index is 499. The Balaban J connectivity index is 1.94. The average Bonchev–Trinajstić information content (AvgIpc) is 3.01. The van der Waals surface area contributed by atoms with Gasteiger partial charge in [-0.2, -0.15) is 0 Å². The van der Waals surface area contributed by atoms with E-state index in [0.29, 0.717) is 16.7 Å². The monoisotopic (exact) mass is 324 g/mol. The number of likely N-dealkylation sites (N-methyl/N-ethyl adjacent to an activating group) is 1. The van der Waals surface area contributed by atoms with Gasteiger partial charge in [0, 0.05) is 23.6 Å². The minimum Gasteiger partial charge on any atom is -0.355 e. The summed E-state index contributed by atoms with van der Waals surface area (Å²) in [6, 6.07) is 7.13. The molecule has 0 bridgehead atoms. The van der Waals surface area contributed by atoms with Crippen LogP contribution in [0.25, 0.3) is 0 Å². The van der Waals surface area contributed by atoms with Crippen molar-refractivity contribution >= 4 is 35.3 Å². The van der Waals surface area contributed by atoms with E-state index in [1.165, 1.54) is 17.1 Å². The summed E-state index contributed by atoms with van der Waals surface area (Å²) in [5, 5.41) is 5.40. The van der Waals surface area contributed by atoms with Crippen LogP contribution in [-0.2, 0) is 4.79 Å². The van der Waals surface area contributed by atoms with Gasteiger partial charge in [-0.15, -0.1) is 23.5 Å². The fourth-order valence-corrected chi connectivity index (χ4v) is 4.87. The Labute approximate surface area is 133 Å². The Morgan fingerprint density at radius 2 is 1.86 bits per heavy atom. The first-order chi connectivity index (χ1) is 10.1. The van der Waals surface area contributed by atoms with Gasteiger partial charge in [0.2, 0.25) is 5.91 Å². The maximum Gasteiger partial charge on any atom is 0.251 e. The molecule has 0 radical (unpaired) electrons. The van der Waals surface area contributed by atoms with Crippen molar-refractivity contribution in [3.8, 4) is 0 Å². The van der Waals surface area contributed by atoms with Crippen LogP contribution in [0.5, 0.6) is 0 Å². The number of hydrogen-bond donors (Lipinski definition) is 2. The van der Waals surface area contributed by atoms with Crippen LogP contribution in [0.4, 0.5) is 0 Å². The lowest BCUT2D eigenvalue weighted by molar-refractivity contribution is -0.122. The van der Waals surface area contributed by atoms with E-state index in [4.69, 9.17) is 0 Å². The highest BCUT2D eigenvalue weighted by atomic mass is 32.2. The van der Waals surface area contributed by atoms with Gasteiger partial charge in [-0.25, -0.2) is 0 Å². The molecular formula is C15H20N2O2S2. The van der Waals surface area contributed by atoms with E-state index in [9.17, 15) is 9.59 Å². The van der Waals surface area contributed by atoms with E-state index in [2.05, 4.69) is 10.6 Å². The topological polar surface area (TPSA) is 58.2 Å². The van der Waals surface area contributed by atoms with Gasteiger partial charge in [-0.1, -0.05) is 12.1 Å². The van der Waals surface area contributed by atoms with E-state index in [-0.39, 0.29) is 11.8 Å². The van der Waals surface area contributed by atoms with E-state index in [1.807, 2.05) is 54.7 Å². The Kier molecular flexibility index (Phi) is 5.99. The highest BCUT2D eigenvalue weighted by Crippen LogP contribution is 2.45. The first-order valence-corrected chi connectivity index (χ1v) is 9.13. The molecule has 1 saturated heterocycles. The van der Waals surface area contributed by atoms with Crippen LogP contribution in [0, 0.1) is 0 Å². The predicted octanol–water partition coefficient (Wildman–Crippen LogP) is 2.42. The fourth-order valence-electron chi connectivity index (χ4n) is 2.02. The van der Waals surface area contributed by atoms with E-state index >= 15 is 0 Å². The number of hydrogen-bond acceptors (Lipinski definition) is 4. The van der Waals surface area contributed by atoms with Crippen molar-refractivity contribution in [1.82, 2.24) is 10.6 Å². The molecule has 0 aliphatic carbocycles. The summed E-state index contributed by atoms with van der Waals surface area (Å²) < 4.78 is 0.483. The molecular weight excluding hydrogens is 304 g/mol. The number of benzene rings is 1. The van der Waals surface area contributed by atoms with Crippen molar-refractivity contribution in [1.29, 1.82) is 0 Å². The smallest absolute Gasteiger partial charge is 0.251 e. The van der Waals surface area contributed by atoms with Crippen LogP contribution in [0.3, 0.4) is 0 Å². The number of carbonyl (C=O) groups excluding carboxylic acids is 2. The predicted molar refractivity (Wildman–Crippen MR) is 89.7 cm³/mol. The zero-order chi connectivity index (χ0) is 15.2. The molecule has 4 nitrogen and oxygen atoms in total. The molecule has 6 heteroatoms. The quantitative estimate of drug-likeness (QED) is 0.873. The van der Waals surface area contributed by atoms with Gasteiger partial charge in [-0.3, -0.25) is 9.59 Å². The van der Waals surface area contributed by atoms with Gasteiger partial charge in [-0.05, 0) is 31.5 Å². The number of nitrogens with one attached hydrogen (secondary N) is 2. The first-order valence-electron chi connectivity index (χ1n) is 7.03. The second kappa shape index (κ2) is 7.75. The molecule has 0 unspecified atom stereocenters. The standard InChI is InChI=1S/C15H20N2O2S2/c1-3-16-13(18)10(2)17-14(19)11-4-6-12(7-5-11)15-20-8-9-21-15/h4-7,10,15H,3,8-9H2,1-2H3,(H,16,18)(H,17,19)/t10-/m0/s1. The molecule has 2 rings (SSSR count). The molecule has 1 aromatic carbocycles. The maximum absolute atomic E-state index is 12.1. The van der Waals surface area contributed by atoms with Crippen molar-refractivity contribution in [3.63, 3.8) is 0 Å². The molecule has 0 aromatic heterocycles. The minimum atomic E-state index is -0.530. The second-order valence-corrected chi connectivity index (χ2v) is 7.51. The van der Waals surface area contributed by atoms with E-state index in [1.54, 1.807) is 6.92 Å². The molecule has 0 spiro atoms. The van der Waals surface area contributed by atoms with Crippen molar-refractivity contribution in [2.45, 2.75) is 24.5 Å². The number of thioether (sulfide) groups is 2. The molecule has 1 aromatic rings. The largest absolute Gasteiger partial charge is 0.355 e. The first kappa shape index (κ1) is 16.2. The van der Waals surface area contributed by atoms with Crippen LogP contribution in [0.15, 0.2) is 24.3 Å². The lowest BCUT2D eigenvalue weighted by atomic mass is 10.1. The molecule has 0 saturated carbocycles. The Morgan fingerprint density at radius 1 is 1.24 bits per heavy atom. The zero-order valence-corrected chi connectivity index (χ0v) is 13.9. The van der Waals surface area contributed by atoms with E-state index < -0.39 is 6.04 Å². The summed E-state index contributed by atoms with van der Waals surface area (Å²) >= 11 is 3.88. The van der Waals surface area contributed by atoms with Crippen molar-refractivity contribution in [3.05, 3.63) is 35.4 Å². The van der Waals surface area contributed by atoms with Crippen LogP contribution >= 0.6 is 23.5 Å². The average molecular weight is 324 g/mol. The third-order valence-electron chi connectivity index (χ3n) is 3.16. The van der Waals surface area contributed by atoms with E-state index in [0.717, 1.165) is 0 Å². The summed E-state index contributed by atoms with van der Waals surface area (Å²) in [5.41, 5.74) is 1.83. The highest BCUT2D eigenvalue weighted by Gasteiger charge is 2.19. The number of rotatable bonds is 5. The summed E-state index contributed by atoms with van der Waals surface area (Å²) in [6.07, 6.45) is 0. The molecule has 1 aliphatic heterocycles. The van der Waals surface area contributed by atoms with Crippen LogP contribution < -0.4 is 10.6 Å². The normalized spacial score (nSPS) is 16.5. The third kappa shape index (κ3) is 4.41. The minimum absolute atomic E-state index is 0.166. The molecule has 2 N–H and O–H groups in total. The van der Waals surface area contributed by atoms with Crippen molar-refractivity contribution in [2.24, 2.45) is 0 Å². The molecule has 1 fully saturated rings. The Hall–Kier alpha value is -1.14. The summed E-state index contributed by atoms with van der Waals surface area (Å²) in [5.74, 6) is 1.98. The van der Waals surface area contributed by atoms with Gasteiger partial charge in [0.05, 0.1) is 4.58 Å². The second-order valence-electron chi connectivity index (χ2n) is 4.79. The molecule has 21 heavy (non-hydrogen) atoms. The number of amides is 2. The highest BCUT2D eigenvalue weighted by molar-refractivity contribution is 8.19. The summed E-state index contributed by atoms with van der Waals surface area (Å²) in [6.45, 7) is 4.09. The molecule has 114 valence electrons. The van der Waals surface area contributed by atoms with Gasteiger partial charge in [0.15, 0.2) is 0 Å². The van der Waals surface area contributed by atoms with Crippen molar-refractivity contribution in [2.75, 3.05) is 18.1 Å². The molecule has 1 aliphatic rings. The van der Waals surface area contributed by atoms with Crippen LogP contribution in [-0.4, -0.2) is 35.9 Å². The number of carbonyl (C=O) groups is 2. The van der Waals surface area contributed by atoms with Crippen molar-refractivity contribution < 1.29 is 9.59 Å². The lowest BCUT2D eigenvalue weighted by Crippen LogP contribution is -2.44. The van der Waals surface area contributed by atoms with Crippen LogP contribution in [0.2, 0.25) is 0 Å². The summed E-state index contributed by atoms with van der Waals surface area (Å²) in [4.78, 5) is 23.7. The Morgan fingerprint density at radius 3 is 2.43 bits per heavy atom. The maximum atomic E-state index is 12.1. The lowest BCUT2D eigenvalue weighted by Gasteiger charge is -2.14. The summed E-state index contributed by atoms with van der Waals surface area (Å²) in [7, 11) is 0. The SMILES string of the molecule is CCNC(=O)[C@H](C)NC(=O)c1ccc(C2SCCS2)cc1. The fraction of sp³-hybridized carbons (Fsp3) is 0.467. The van der Waals surface area contributed by atoms with Gasteiger partial charge < -0.3 is 10.6 Å². The molecule has 1 atom stereocenters. The molecule has 2 amide bonds. The van der Waals surface area contributed by atoms with Gasteiger partial charge >= 0.3 is 0 Å². The molecule has 1 heterocycles. The third-order valence-corrected chi connectivity index (χ3v) is 6.26. The zero-order valence-electron chi connectivity index (χ0n) is 12.2. The van der Waals surface area contributed by atoms with Gasteiger partial charge in [0.25, 0.3) is 5.91 Å². The van der Waals surface area contributed by atoms with Crippen LogP contribution in [0.1, 0.15) is 34.4 Å². The van der Waals surface area contributed by atoms with Gasteiger partial charge in [0.1, 0.15) is 6.04 Å².